The van der Waals surface area contributed by atoms with E-state index in [1.807, 2.05) is 0 Å². The number of nitrogens with one attached hydrogen (secondary N) is 1. The number of halogens is 1. The fraction of sp³-hybridized carbons (Fsp3) is 0.333. The third kappa shape index (κ3) is 4.40. The van der Waals surface area contributed by atoms with Crippen molar-refractivity contribution in [3.63, 3.8) is 0 Å². The van der Waals surface area contributed by atoms with Crippen LogP contribution < -0.4 is 10.1 Å². The molecule has 0 heterocycles. The molecule has 0 aliphatic rings. The van der Waals surface area contributed by atoms with Gasteiger partial charge in [0.15, 0.2) is 11.6 Å². The van der Waals surface area contributed by atoms with Crippen LogP contribution in [-0.2, 0) is 16.0 Å². The van der Waals surface area contributed by atoms with Gasteiger partial charge >= 0.3 is 5.97 Å². The molecule has 0 saturated heterocycles. The van der Waals surface area contributed by atoms with Gasteiger partial charge < -0.3 is 15.2 Å². The molecule has 0 fully saturated rings. The molecule has 1 amide bonds. The predicted molar refractivity (Wildman–Crippen MR) is 61.9 cm³/mol. The molecule has 0 spiro atoms. The van der Waals surface area contributed by atoms with E-state index in [4.69, 9.17) is 9.84 Å². The van der Waals surface area contributed by atoms with Crippen molar-refractivity contribution in [1.82, 2.24) is 5.32 Å². The molecule has 0 aliphatic heterocycles. The summed E-state index contributed by atoms with van der Waals surface area (Å²) in [5.41, 5.74) is 0.749. The highest BCUT2D eigenvalue weighted by molar-refractivity contribution is 5.81. The van der Waals surface area contributed by atoms with Gasteiger partial charge in [0.25, 0.3) is 0 Å². The third-order valence-corrected chi connectivity index (χ3v) is 2.29. The summed E-state index contributed by atoms with van der Waals surface area (Å²) in [5.74, 6) is -1.79. The Morgan fingerprint density at radius 1 is 1.44 bits per heavy atom. The molecule has 1 rings (SSSR count). The molecular formula is C12H14FNO4. The number of aryl methyl sites for hydroxylation is 1. The van der Waals surface area contributed by atoms with Crippen LogP contribution in [0.3, 0.4) is 0 Å². The fourth-order valence-corrected chi connectivity index (χ4v) is 1.38. The van der Waals surface area contributed by atoms with Crippen molar-refractivity contribution >= 4 is 11.9 Å². The minimum absolute atomic E-state index is 0.124. The average Bonchev–Trinajstić information content (AvgIpc) is 2.35. The second-order valence-electron chi connectivity index (χ2n) is 3.64. The molecule has 6 heteroatoms. The molecule has 2 N–H and O–H groups in total. The summed E-state index contributed by atoms with van der Waals surface area (Å²) in [6, 6.07) is 4.34. The number of hydrogen-bond acceptors (Lipinski definition) is 3. The van der Waals surface area contributed by atoms with E-state index in [9.17, 15) is 14.0 Å². The molecule has 5 nitrogen and oxygen atoms in total. The first-order chi connectivity index (χ1) is 8.52. The van der Waals surface area contributed by atoms with Gasteiger partial charge in [0.05, 0.1) is 7.11 Å². The van der Waals surface area contributed by atoms with Crippen LogP contribution >= 0.6 is 0 Å². The maximum atomic E-state index is 13.1. The van der Waals surface area contributed by atoms with Crippen LogP contribution in [0, 0.1) is 5.82 Å². The van der Waals surface area contributed by atoms with Crippen LogP contribution in [-0.4, -0.2) is 30.6 Å². The summed E-state index contributed by atoms with van der Waals surface area (Å²) in [6.07, 6.45) is 0.532. The highest BCUT2D eigenvalue weighted by Gasteiger charge is 2.07. The van der Waals surface area contributed by atoms with Gasteiger partial charge in [0.2, 0.25) is 5.91 Å². The fourth-order valence-electron chi connectivity index (χ4n) is 1.38. The van der Waals surface area contributed by atoms with Gasteiger partial charge in [0, 0.05) is 6.42 Å². The Labute approximate surface area is 104 Å². The highest BCUT2D eigenvalue weighted by atomic mass is 19.1. The Bertz CT molecular complexity index is 448. The van der Waals surface area contributed by atoms with Gasteiger partial charge in [-0.25, -0.2) is 4.39 Å². The molecule has 0 unspecified atom stereocenters. The van der Waals surface area contributed by atoms with Crippen LogP contribution in [0.15, 0.2) is 18.2 Å². The molecule has 0 atom stereocenters. The van der Waals surface area contributed by atoms with E-state index < -0.39 is 18.3 Å². The number of ether oxygens (including phenoxy) is 1. The van der Waals surface area contributed by atoms with E-state index in [1.165, 1.54) is 19.2 Å². The lowest BCUT2D eigenvalue weighted by molar-refractivity contribution is -0.137. The van der Waals surface area contributed by atoms with E-state index in [1.54, 1.807) is 6.07 Å². The molecule has 0 bridgehead atoms. The number of aliphatic carboxylic acids is 1. The summed E-state index contributed by atoms with van der Waals surface area (Å²) in [7, 11) is 1.36. The second-order valence-corrected chi connectivity index (χ2v) is 3.64. The Balaban J connectivity index is 2.48. The molecular weight excluding hydrogens is 241 g/mol. The van der Waals surface area contributed by atoms with Crippen molar-refractivity contribution in [2.75, 3.05) is 13.7 Å². The van der Waals surface area contributed by atoms with Gasteiger partial charge in [-0.2, -0.15) is 0 Å². The van der Waals surface area contributed by atoms with Crippen LogP contribution in [0.2, 0.25) is 0 Å². The first-order valence-electron chi connectivity index (χ1n) is 5.34. The summed E-state index contributed by atoms with van der Waals surface area (Å²) in [6.45, 7) is -0.397. The Morgan fingerprint density at radius 3 is 2.78 bits per heavy atom. The zero-order valence-corrected chi connectivity index (χ0v) is 9.90. The monoisotopic (exact) mass is 255 g/mol. The lowest BCUT2D eigenvalue weighted by atomic mass is 10.1. The number of methoxy groups -OCH3 is 1. The van der Waals surface area contributed by atoms with E-state index in [-0.39, 0.29) is 18.1 Å². The first kappa shape index (κ1) is 14.0. The molecule has 0 saturated carbocycles. The number of carboxylic acid groups (broad SMARTS) is 1. The number of carboxylic acids is 1. The number of carbonyl (C=O) groups excluding carboxylic acids is 1. The molecule has 0 aromatic heterocycles. The summed E-state index contributed by atoms with van der Waals surface area (Å²) in [4.78, 5) is 21.5. The quantitative estimate of drug-likeness (QED) is 0.794. The van der Waals surface area contributed by atoms with Crippen molar-refractivity contribution in [2.24, 2.45) is 0 Å². The molecule has 1 aromatic rings. The van der Waals surface area contributed by atoms with Crippen molar-refractivity contribution in [1.29, 1.82) is 0 Å². The van der Waals surface area contributed by atoms with Gasteiger partial charge in [0.1, 0.15) is 6.54 Å². The van der Waals surface area contributed by atoms with Crippen LogP contribution in [0.25, 0.3) is 0 Å². The van der Waals surface area contributed by atoms with E-state index in [0.717, 1.165) is 5.56 Å². The number of rotatable bonds is 6. The van der Waals surface area contributed by atoms with Gasteiger partial charge in [-0.1, -0.05) is 6.07 Å². The second kappa shape index (κ2) is 6.58. The Kier molecular flexibility index (Phi) is 5.10. The van der Waals surface area contributed by atoms with E-state index in [2.05, 4.69) is 5.32 Å². The topological polar surface area (TPSA) is 75.6 Å². The number of amides is 1. The normalized spacial score (nSPS) is 9.89. The molecule has 0 aliphatic carbocycles. The largest absolute Gasteiger partial charge is 0.494 e. The molecule has 98 valence electrons. The highest BCUT2D eigenvalue weighted by Crippen LogP contribution is 2.18. The SMILES string of the molecule is COc1cc(CCC(=O)NCC(=O)O)ccc1F. The zero-order chi connectivity index (χ0) is 13.5. The lowest BCUT2D eigenvalue weighted by Crippen LogP contribution is -2.29. The Morgan fingerprint density at radius 2 is 2.17 bits per heavy atom. The number of hydrogen-bond donors (Lipinski definition) is 2. The maximum absolute atomic E-state index is 13.1. The first-order valence-corrected chi connectivity index (χ1v) is 5.34. The molecule has 0 radical (unpaired) electrons. The van der Waals surface area contributed by atoms with Crippen molar-refractivity contribution in [2.45, 2.75) is 12.8 Å². The Hall–Kier alpha value is -2.11. The van der Waals surface area contributed by atoms with E-state index >= 15 is 0 Å². The standard InChI is InChI=1S/C12H14FNO4/c1-18-10-6-8(2-4-9(10)13)3-5-11(15)14-7-12(16)17/h2,4,6H,3,5,7H2,1H3,(H,14,15)(H,16,17). The number of benzene rings is 1. The zero-order valence-electron chi connectivity index (χ0n) is 9.90. The minimum atomic E-state index is -1.09. The predicted octanol–water partition coefficient (Wildman–Crippen LogP) is 0.968. The average molecular weight is 255 g/mol. The van der Waals surface area contributed by atoms with Crippen LogP contribution in [0.1, 0.15) is 12.0 Å². The van der Waals surface area contributed by atoms with Crippen molar-refractivity contribution in [3.05, 3.63) is 29.6 Å². The number of carbonyl (C=O) groups is 2. The van der Waals surface area contributed by atoms with Gasteiger partial charge in [-0.3, -0.25) is 9.59 Å². The van der Waals surface area contributed by atoms with E-state index in [0.29, 0.717) is 6.42 Å². The maximum Gasteiger partial charge on any atom is 0.322 e. The molecule has 1 aromatic carbocycles. The van der Waals surface area contributed by atoms with Gasteiger partial charge in [-0.05, 0) is 24.1 Å². The summed E-state index contributed by atoms with van der Waals surface area (Å²) in [5, 5.41) is 10.6. The summed E-state index contributed by atoms with van der Waals surface area (Å²) < 4.78 is 17.9. The third-order valence-electron chi connectivity index (χ3n) is 2.29. The van der Waals surface area contributed by atoms with Crippen molar-refractivity contribution in [3.8, 4) is 5.75 Å². The summed E-state index contributed by atoms with van der Waals surface area (Å²) >= 11 is 0. The minimum Gasteiger partial charge on any atom is -0.494 e. The van der Waals surface area contributed by atoms with Gasteiger partial charge in [-0.15, -0.1) is 0 Å². The van der Waals surface area contributed by atoms with Crippen LogP contribution in [0.4, 0.5) is 4.39 Å². The smallest absolute Gasteiger partial charge is 0.322 e. The van der Waals surface area contributed by atoms with Crippen LogP contribution in [0.5, 0.6) is 5.75 Å². The molecule has 18 heavy (non-hydrogen) atoms. The lowest BCUT2D eigenvalue weighted by Gasteiger charge is -2.06. The van der Waals surface area contributed by atoms with Crippen molar-refractivity contribution < 1.29 is 23.8 Å².